The van der Waals surface area contributed by atoms with Gasteiger partial charge in [-0.25, -0.2) is 4.98 Å². The maximum atomic E-state index is 11.9. The molecule has 3 heterocycles. The molecule has 1 aliphatic carbocycles. The maximum absolute atomic E-state index is 11.9. The Hall–Kier alpha value is -3.49. The second kappa shape index (κ2) is 8.94. The standard InChI is InChI=1S/C23H29N7O2/c1-13(2)27-21-18(23(24)32)11-25-20-9-8-19(29-22(20)21)15-10-26-30(12-15)17-6-4-16(5-7-17)28-14(3)31/h8-13,16-17H,4-7H2,1-3H3,(H2,24,32)(H,25,27)(H,28,31). The van der Waals surface area contributed by atoms with Gasteiger partial charge >= 0.3 is 0 Å². The Morgan fingerprint density at radius 1 is 1.16 bits per heavy atom. The molecule has 0 saturated heterocycles. The molecular formula is C23H29N7O2. The van der Waals surface area contributed by atoms with Crippen LogP contribution in [0.5, 0.6) is 0 Å². The Bertz CT molecular complexity index is 1150. The van der Waals surface area contributed by atoms with Gasteiger partial charge in [-0.15, -0.1) is 0 Å². The van der Waals surface area contributed by atoms with Crippen molar-refractivity contribution in [2.24, 2.45) is 5.73 Å². The number of hydrogen-bond donors (Lipinski definition) is 3. The van der Waals surface area contributed by atoms with Gasteiger partial charge in [0.15, 0.2) is 0 Å². The summed E-state index contributed by atoms with van der Waals surface area (Å²) in [4.78, 5) is 32.4. The molecule has 0 unspecified atom stereocenters. The Morgan fingerprint density at radius 3 is 2.56 bits per heavy atom. The highest BCUT2D eigenvalue weighted by Gasteiger charge is 2.24. The van der Waals surface area contributed by atoms with Crippen molar-refractivity contribution in [3.63, 3.8) is 0 Å². The van der Waals surface area contributed by atoms with Gasteiger partial charge in [-0.3, -0.25) is 19.3 Å². The van der Waals surface area contributed by atoms with E-state index >= 15 is 0 Å². The normalized spacial score (nSPS) is 18.6. The number of nitrogens with zero attached hydrogens (tertiary/aromatic N) is 4. The first-order valence-corrected chi connectivity index (χ1v) is 11.0. The number of hydrogen-bond acceptors (Lipinski definition) is 6. The van der Waals surface area contributed by atoms with E-state index in [1.807, 2.05) is 43.1 Å². The fraction of sp³-hybridized carbons (Fsp3) is 0.435. The molecule has 32 heavy (non-hydrogen) atoms. The minimum absolute atomic E-state index is 0.0255. The molecule has 3 aromatic heterocycles. The highest BCUT2D eigenvalue weighted by atomic mass is 16.1. The molecule has 1 fully saturated rings. The third kappa shape index (κ3) is 4.56. The van der Waals surface area contributed by atoms with Crippen molar-refractivity contribution in [2.75, 3.05) is 5.32 Å². The summed E-state index contributed by atoms with van der Waals surface area (Å²) in [6.45, 7) is 5.55. The van der Waals surface area contributed by atoms with E-state index in [2.05, 4.69) is 20.7 Å². The molecule has 0 aromatic carbocycles. The largest absolute Gasteiger partial charge is 0.380 e. The predicted molar refractivity (Wildman–Crippen MR) is 123 cm³/mol. The average Bonchev–Trinajstić information content (AvgIpc) is 3.23. The third-order valence-corrected chi connectivity index (χ3v) is 5.79. The zero-order chi connectivity index (χ0) is 22.8. The number of anilines is 1. The fourth-order valence-electron chi connectivity index (χ4n) is 4.29. The number of rotatable bonds is 6. The smallest absolute Gasteiger partial charge is 0.252 e. The van der Waals surface area contributed by atoms with Crippen LogP contribution in [0.3, 0.4) is 0 Å². The van der Waals surface area contributed by atoms with Crippen molar-refractivity contribution >= 4 is 28.5 Å². The van der Waals surface area contributed by atoms with Crippen LogP contribution in [0, 0.1) is 0 Å². The van der Waals surface area contributed by atoms with E-state index in [4.69, 9.17) is 10.7 Å². The Balaban J connectivity index is 1.61. The van der Waals surface area contributed by atoms with E-state index < -0.39 is 5.91 Å². The molecule has 168 valence electrons. The van der Waals surface area contributed by atoms with Gasteiger partial charge < -0.3 is 16.4 Å². The molecule has 0 radical (unpaired) electrons. The molecule has 9 heteroatoms. The first-order valence-electron chi connectivity index (χ1n) is 11.0. The topological polar surface area (TPSA) is 128 Å². The summed E-state index contributed by atoms with van der Waals surface area (Å²) in [5.41, 5.74) is 9.44. The van der Waals surface area contributed by atoms with Gasteiger partial charge in [0.1, 0.15) is 5.52 Å². The molecule has 2 amide bonds. The lowest BCUT2D eigenvalue weighted by atomic mass is 9.91. The quantitative estimate of drug-likeness (QED) is 0.546. The van der Waals surface area contributed by atoms with Crippen molar-refractivity contribution in [3.8, 4) is 11.3 Å². The molecular weight excluding hydrogens is 406 g/mol. The Morgan fingerprint density at radius 2 is 1.91 bits per heavy atom. The van der Waals surface area contributed by atoms with Gasteiger partial charge in [0.05, 0.1) is 34.7 Å². The molecule has 0 atom stereocenters. The predicted octanol–water partition coefficient (Wildman–Crippen LogP) is 3.03. The lowest BCUT2D eigenvalue weighted by Gasteiger charge is -2.28. The molecule has 0 aliphatic heterocycles. The summed E-state index contributed by atoms with van der Waals surface area (Å²) < 4.78 is 2.00. The van der Waals surface area contributed by atoms with Gasteiger partial charge in [-0.1, -0.05) is 0 Å². The Labute approximate surface area is 186 Å². The number of nitrogens with two attached hydrogens (primary N) is 1. The third-order valence-electron chi connectivity index (χ3n) is 5.79. The van der Waals surface area contributed by atoms with E-state index in [9.17, 15) is 9.59 Å². The molecule has 4 rings (SSSR count). The second-order valence-electron chi connectivity index (χ2n) is 8.69. The minimum atomic E-state index is -0.544. The number of amides is 2. The lowest BCUT2D eigenvalue weighted by molar-refractivity contribution is -0.119. The van der Waals surface area contributed by atoms with E-state index in [1.165, 1.54) is 6.20 Å². The van der Waals surface area contributed by atoms with Crippen LogP contribution >= 0.6 is 0 Å². The van der Waals surface area contributed by atoms with Gasteiger partial charge in [0.2, 0.25) is 5.91 Å². The number of pyridine rings is 2. The van der Waals surface area contributed by atoms with E-state index in [0.29, 0.717) is 28.3 Å². The fourth-order valence-corrected chi connectivity index (χ4v) is 4.29. The number of primary amides is 1. The molecule has 1 aliphatic rings. The lowest BCUT2D eigenvalue weighted by Crippen LogP contribution is -2.36. The van der Waals surface area contributed by atoms with Crippen molar-refractivity contribution in [2.45, 2.75) is 64.6 Å². The summed E-state index contributed by atoms with van der Waals surface area (Å²) >= 11 is 0. The highest BCUT2D eigenvalue weighted by molar-refractivity contribution is 6.05. The minimum Gasteiger partial charge on any atom is -0.380 e. The van der Waals surface area contributed by atoms with Gasteiger partial charge in [0, 0.05) is 37.0 Å². The molecule has 3 aromatic rings. The van der Waals surface area contributed by atoms with E-state index in [0.717, 1.165) is 36.9 Å². The zero-order valence-corrected chi connectivity index (χ0v) is 18.6. The van der Waals surface area contributed by atoms with E-state index in [1.54, 1.807) is 6.92 Å². The summed E-state index contributed by atoms with van der Waals surface area (Å²) in [7, 11) is 0. The van der Waals surface area contributed by atoms with Crippen LogP contribution in [0.4, 0.5) is 5.69 Å². The summed E-state index contributed by atoms with van der Waals surface area (Å²) in [6, 6.07) is 4.45. The maximum Gasteiger partial charge on any atom is 0.252 e. The van der Waals surface area contributed by atoms with Crippen molar-refractivity contribution < 1.29 is 9.59 Å². The number of nitrogens with one attached hydrogen (secondary N) is 2. The van der Waals surface area contributed by atoms with E-state index in [-0.39, 0.29) is 18.0 Å². The van der Waals surface area contributed by atoms with Crippen molar-refractivity contribution in [1.82, 2.24) is 25.1 Å². The van der Waals surface area contributed by atoms with Crippen LogP contribution in [0.15, 0.2) is 30.7 Å². The van der Waals surface area contributed by atoms with Crippen LogP contribution in [-0.4, -0.2) is 43.6 Å². The van der Waals surface area contributed by atoms with Crippen LogP contribution in [0.2, 0.25) is 0 Å². The number of carbonyl (C=O) groups is 2. The first-order chi connectivity index (χ1) is 15.3. The monoisotopic (exact) mass is 435 g/mol. The van der Waals surface area contributed by atoms with Crippen LogP contribution in [-0.2, 0) is 4.79 Å². The Kier molecular flexibility index (Phi) is 6.07. The molecule has 0 bridgehead atoms. The SMILES string of the molecule is CC(=O)NC1CCC(n2cc(-c3ccc4ncc(C(N)=O)c(NC(C)C)c4n3)cn2)CC1. The number of aromatic nitrogens is 4. The zero-order valence-electron chi connectivity index (χ0n) is 18.6. The van der Waals surface area contributed by atoms with Gasteiger partial charge in [-0.05, 0) is 51.7 Å². The highest BCUT2D eigenvalue weighted by Crippen LogP contribution is 2.31. The first kappa shape index (κ1) is 21.7. The molecule has 4 N–H and O–H groups in total. The molecule has 0 spiro atoms. The number of fused-ring (bicyclic) bond motifs is 1. The molecule has 1 saturated carbocycles. The van der Waals surface area contributed by atoms with Gasteiger partial charge in [-0.2, -0.15) is 5.10 Å². The van der Waals surface area contributed by atoms with Crippen molar-refractivity contribution in [1.29, 1.82) is 0 Å². The molecule has 9 nitrogen and oxygen atoms in total. The summed E-state index contributed by atoms with van der Waals surface area (Å²) in [6.07, 6.45) is 9.13. The van der Waals surface area contributed by atoms with Gasteiger partial charge in [0.25, 0.3) is 5.91 Å². The van der Waals surface area contributed by atoms with Crippen molar-refractivity contribution in [3.05, 3.63) is 36.3 Å². The summed E-state index contributed by atoms with van der Waals surface area (Å²) in [5, 5.41) is 10.9. The summed E-state index contributed by atoms with van der Waals surface area (Å²) in [5.74, 6) is -0.519. The number of carbonyl (C=O) groups excluding carboxylic acids is 2. The average molecular weight is 436 g/mol. The van der Waals surface area contributed by atoms with Crippen LogP contribution in [0.25, 0.3) is 22.3 Å². The second-order valence-corrected chi connectivity index (χ2v) is 8.69. The van der Waals surface area contributed by atoms with Crippen LogP contribution < -0.4 is 16.4 Å². The van der Waals surface area contributed by atoms with Crippen LogP contribution in [0.1, 0.15) is 62.9 Å².